The first-order chi connectivity index (χ1) is 10.3. The lowest BCUT2D eigenvalue weighted by Gasteiger charge is -2.24. The lowest BCUT2D eigenvalue weighted by atomic mass is 9.83. The summed E-state index contributed by atoms with van der Waals surface area (Å²) in [5.74, 6) is -1.37. The van der Waals surface area contributed by atoms with Crippen LogP contribution in [0.5, 0.6) is 0 Å². The van der Waals surface area contributed by atoms with Gasteiger partial charge in [0.15, 0.2) is 0 Å². The molecule has 2 aromatic carbocycles. The summed E-state index contributed by atoms with van der Waals surface area (Å²) in [6, 6.07) is 13.4. The summed E-state index contributed by atoms with van der Waals surface area (Å²) < 4.78 is 0. The van der Waals surface area contributed by atoms with Gasteiger partial charge in [0.1, 0.15) is 0 Å². The Morgan fingerprint density at radius 1 is 1.05 bits per heavy atom. The molecule has 0 aliphatic heterocycles. The van der Waals surface area contributed by atoms with E-state index in [1.54, 1.807) is 56.3 Å². The van der Waals surface area contributed by atoms with E-state index in [1.807, 2.05) is 0 Å². The van der Waals surface area contributed by atoms with E-state index in [0.29, 0.717) is 5.69 Å². The molecule has 0 aromatic heterocycles. The molecule has 0 spiro atoms. The third-order valence-electron chi connectivity index (χ3n) is 3.61. The number of hydrogen-bond donors (Lipinski definition) is 3. The molecule has 0 aliphatic carbocycles. The van der Waals surface area contributed by atoms with Crippen LogP contribution in [0.3, 0.4) is 0 Å². The number of amides is 1. The van der Waals surface area contributed by atoms with Gasteiger partial charge < -0.3 is 16.2 Å². The standard InChI is InChI=1S/C17H18N2O3/c1-17(2,11-7-9-12(18)10-8-11)16(22)19-14-6-4-3-5-13(14)15(20)21/h3-10H,18H2,1-2H3,(H,19,22)(H,20,21). The molecule has 0 heterocycles. The van der Waals surface area contributed by atoms with Crippen molar-refractivity contribution in [3.05, 3.63) is 59.7 Å². The number of carbonyl (C=O) groups is 2. The molecule has 0 bridgehead atoms. The normalized spacial score (nSPS) is 11.0. The van der Waals surface area contributed by atoms with E-state index in [4.69, 9.17) is 10.8 Å². The van der Waals surface area contributed by atoms with Crippen molar-refractivity contribution >= 4 is 23.3 Å². The molecule has 114 valence electrons. The Kier molecular flexibility index (Phi) is 4.17. The van der Waals surface area contributed by atoms with Gasteiger partial charge in [-0.05, 0) is 43.7 Å². The zero-order chi connectivity index (χ0) is 16.3. The zero-order valence-corrected chi connectivity index (χ0v) is 12.5. The summed E-state index contributed by atoms with van der Waals surface area (Å²) >= 11 is 0. The van der Waals surface area contributed by atoms with Gasteiger partial charge >= 0.3 is 5.97 Å². The maximum atomic E-state index is 12.6. The number of rotatable bonds is 4. The van der Waals surface area contributed by atoms with Crippen molar-refractivity contribution < 1.29 is 14.7 Å². The van der Waals surface area contributed by atoms with Crippen LogP contribution in [0.2, 0.25) is 0 Å². The van der Waals surface area contributed by atoms with Gasteiger partial charge in [0, 0.05) is 5.69 Å². The van der Waals surface area contributed by atoms with Crippen LogP contribution in [-0.4, -0.2) is 17.0 Å². The highest BCUT2D eigenvalue weighted by Gasteiger charge is 2.30. The van der Waals surface area contributed by atoms with Crippen molar-refractivity contribution in [2.24, 2.45) is 0 Å². The summed E-state index contributed by atoms with van der Waals surface area (Å²) in [5.41, 5.74) is 6.60. The maximum Gasteiger partial charge on any atom is 0.337 e. The van der Waals surface area contributed by atoms with Crippen molar-refractivity contribution in [2.75, 3.05) is 11.1 Å². The van der Waals surface area contributed by atoms with E-state index in [1.165, 1.54) is 6.07 Å². The first-order valence-electron chi connectivity index (χ1n) is 6.82. The van der Waals surface area contributed by atoms with Gasteiger partial charge in [-0.25, -0.2) is 4.79 Å². The van der Waals surface area contributed by atoms with E-state index in [9.17, 15) is 9.59 Å². The van der Waals surface area contributed by atoms with Crippen LogP contribution in [0.25, 0.3) is 0 Å². The highest BCUT2D eigenvalue weighted by Crippen LogP contribution is 2.26. The van der Waals surface area contributed by atoms with Gasteiger partial charge in [0.05, 0.1) is 16.7 Å². The van der Waals surface area contributed by atoms with Crippen LogP contribution < -0.4 is 11.1 Å². The molecule has 0 saturated carbocycles. The average molecular weight is 298 g/mol. The Labute approximate surface area is 128 Å². The number of carbonyl (C=O) groups excluding carboxylic acids is 1. The first-order valence-corrected chi connectivity index (χ1v) is 6.82. The zero-order valence-electron chi connectivity index (χ0n) is 12.5. The average Bonchev–Trinajstić information content (AvgIpc) is 2.48. The number of para-hydroxylation sites is 1. The largest absolute Gasteiger partial charge is 0.478 e. The summed E-state index contributed by atoms with van der Waals surface area (Å²) in [5, 5.41) is 11.9. The molecule has 2 aromatic rings. The second-order valence-corrected chi connectivity index (χ2v) is 5.55. The number of nitrogen functional groups attached to an aromatic ring is 1. The van der Waals surface area contributed by atoms with E-state index >= 15 is 0 Å². The van der Waals surface area contributed by atoms with E-state index in [2.05, 4.69) is 5.32 Å². The van der Waals surface area contributed by atoms with E-state index in [-0.39, 0.29) is 17.2 Å². The molecule has 2 rings (SSSR count). The highest BCUT2D eigenvalue weighted by atomic mass is 16.4. The van der Waals surface area contributed by atoms with Crippen LogP contribution in [0, 0.1) is 0 Å². The topological polar surface area (TPSA) is 92.4 Å². The third-order valence-corrected chi connectivity index (χ3v) is 3.61. The predicted octanol–water partition coefficient (Wildman–Crippen LogP) is 2.88. The number of carboxylic acid groups (broad SMARTS) is 1. The molecule has 1 amide bonds. The molecule has 4 N–H and O–H groups in total. The molecule has 0 radical (unpaired) electrons. The Balaban J connectivity index is 2.28. The number of nitrogens with two attached hydrogens (primary N) is 1. The summed E-state index contributed by atoms with van der Waals surface area (Å²) in [7, 11) is 0. The second kappa shape index (κ2) is 5.89. The molecule has 0 aliphatic rings. The monoisotopic (exact) mass is 298 g/mol. The summed E-state index contributed by atoms with van der Waals surface area (Å²) in [6.45, 7) is 3.55. The van der Waals surface area contributed by atoms with Gasteiger partial charge in [-0.15, -0.1) is 0 Å². The number of hydrogen-bond acceptors (Lipinski definition) is 3. The Bertz CT molecular complexity index is 706. The van der Waals surface area contributed by atoms with Crippen molar-refractivity contribution in [3.8, 4) is 0 Å². The first kappa shape index (κ1) is 15.6. The van der Waals surface area contributed by atoms with Crippen LogP contribution in [0.1, 0.15) is 29.8 Å². The SMILES string of the molecule is CC(C)(C(=O)Nc1ccccc1C(=O)O)c1ccc(N)cc1. The fraction of sp³-hybridized carbons (Fsp3) is 0.176. The lowest BCUT2D eigenvalue weighted by Crippen LogP contribution is -2.35. The lowest BCUT2D eigenvalue weighted by molar-refractivity contribution is -0.120. The number of aromatic carboxylic acids is 1. The van der Waals surface area contributed by atoms with Crippen molar-refractivity contribution in [3.63, 3.8) is 0 Å². The number of anilines is 2. The molecule has 22 heavy (non-hydrogen) atoms. The van der Waals surface area contributed by atoms with Gasteiger partial charge in [0.2, 0.25) is 5.91 Å². The van der Waals surface area contributed by atoms with Gasteiger partial charge in [-0.3, -0.25) is 4.79 Å². The molecule has 0 saturated heterocycles. The minimum atomic E-state index is -1.08. The fourth-order valence-electron chi connectivity index (χ4n) is 2.09. The van der Waals surface area contributed by atoms with Crippen LogP contribution >= 0.6 is 0 Å². The molecular weight excluding hydrogens is 280 g/mol. The Morgan fingerprint density at radius 3 is 2.23 bits per heavy atom. The number of nitrogens with one attached hydrogen (secondary N) is 1. The van der Waals surface area contributed by atoms with E-state index in [0.717, 1.165) is 5.56 Å². The van der Waals surface area contributed by atoms with Crippen LogP contribution in [0.15, 0.2) is 48.5 Å². The van der Waals surface area contributed by atoms with Crippen LogP contribution in [-0.2, 0) is 10.2 Å². The van der Waals surface area contributed by atoms with Crippen LogP contribution in [0.4, 0.5) is 11.4 Å². The minimum absolute atomic E-state index is 0.0592. The molecule has 0 unspecified atom stereocenters. The van der Waals surface area contributed by atoms with Crippen molar-refractivity contribution in [1.82, 2.24) is 0 Å². The van der Waals surface area contributed by atoms with Gasteiger partial charge in [-0.2, -0.15) is 0 Å². The van der Waals surface area contributed by atoms with Crippen molar-refractivity contribution in [2.45, 2.75) is 19.3 Å². The molecule has 0 atom stereocenters. The predicted molar refractivity (Wildman–Crippen MR) is 85.9 cm³/mol. The highest BCUT2D eigenvalue weighted by molar-refractivity contribution is 6.04. The second-order valence-electron chi connectivity index (χ2n) is 5.55. The fourth-order valence-corrected chi connectivity index (χ4v) is 2.09. The summed E-state index contributed by atoms with van der Waals surface area (Å²) in [4.78, 5) is 23.8. The van der Waals surface area contributed by atoms with E-state index < -0.39 is 11.4 Å². The maximum absolute atomic E-state index is 12.6. The van der Waals surface area contributed by atoms with Gasteiger partial charge in [-0.1, -0.05) is 24.3 Å². The molecule has 0 fully saturated rings. The van der Waals surface area contributed by atoms with Gasteiger partial charge in [0.25, 0.3) is 0 Å². The molecule has 5 nitrogen and oxygen atoms in total. The summed E-state index contributed by atoms with van der Waals surface area (Å²) in [6.07, 6.45) is 0. The third kappa shape index (κ3) is 3.09. The Morgan fingerprint density at radius 2 is 1.64 bits per heavy atom. The number of benzene rings is 2. The minimum Gasteiger partial charge on any atom is -0.478 e. The number of carboxylic acids is 1. The smallest absolute Gasteiger partial charge is 0.337 e. The molecule has 5 heteroatoms. The Hall–Kier alpha value is -2.82. The van der Waals surface area contributed by atoms with Crippen molar-refractivity contribution in [1.29, 1.82) is 0 Å². The molecular formula is C17H18N2O3. The quantitative estimate of drug-likeness (QED) is 0.757.